The van der Waals surface area contributed by atoms with Crippen molar-refractivity contribution in [3.05, 3.63) is 36.4 Å². The van der Waals surface area contributed by atoms with E-state index in [4.69, 9.17) is 15.2 Å². The molecule has 2 rings (SSSR count). The molecule has 0 unspecified atom stereocenters. The highest BCUT2D eigenvalue weighted by atomic mass is 16.5. The first-order valence-electron chi connectivity index (χ1n) is 6.95. The molecule has 21 heavy (non-hydrogen) atoms. The number of nitrogens with two attached hydrogens (primary N) is 1. The molecule has 0 atom stereocenters. The summed E-state index contributed by atoms with van der Waals surface area (Å²) >= 11 is 0. The fraction of sp³-hybridized carbons (Fsp3) is 0.400. The minimum Gasteiger partial charge on any atom is -0.476 e. The number of anilines is 1. The van der Waals surface area contributed by atoms with Crippen LogP contribution in [0.15, 0.2) is 30.9 Å². The molecule has 2 aromatic heterocycles. The van der Waals surface area contributed by atoms with E-state index < -0.39 is 0 Å². The molecule has 0 aliphatic rings. The van der Waals surface area contributed by atoms with Gasteiger partial charge in [0.1, 0.15) is 6.33 Å². The molecule has 0 aliphatic heterocycles. The zero-order valence-corrected chi connectivity index (χ0v) is 12.3. The van der Waals surface area contributed by atoms with Crippen LogP contribution >= 0.6 is 0 Å². The van der Waals surface area contributed by atoms with Crippen LogP contribution in [0.2, 0.25) is 0 Å². The van der Waals surface area contributed by atoms with Gasteiger partial charge in [0.2, 0.25) is 11.8 Å². The normalized spacial score (nSPS) is 10.6. The van der Waals surface area contributed by atoms with Crippen molar-refractivity contribution in [2.45, 2.75) is 32.8 Å². The fourth-order valence-corrected chi connectivity index (χ4v) is 1.79. The molecule has 2 N–H and O–H groups in total. The van der Waals surface area contributed by atoms with Gasteiger partial charge in [-0.05, 0) is 44.4 Å². The van der Waals surface area contributed by atoms with E-state index in [2.05, 4.69) is 15.0 Å². The number of nitrogens with zero attached hydrogens (tertiary/aromatic N) is 3. The van der Waals surface area contributed by atoms with Crippen LogP contribution in [0.1, 0.15) is 25.8 Å². The second-order valence-electron chi connectivity index (χ2n) is 4.87. The number of ether oxygens (including phenoxy) is 2. The van der Waals surface area contributed by atoms with E-state index >= 15 is 0 Å². The maximum atomic E-state index is 5.94. The predicted molar refractivity (Wildman–Crippen MR) is 80.3 cm³/mol. The second-order valence-corrected chi connectivity index (χ2v) is 4.87. The second kappa shape index (κ2) is 7.42. The molecule has 6 heteroatoms. The summed E-state index contributed by atoms with van der Waals surface area (Å²) < 4.78 is 11.1. The standard InChI is InChI=1S/C15H20N4O2/c1-11(2)21-15-13(16)14(18-10-19-15)20-9-3-4-12-5-7-17-8-6-12/h5-8,10-11H,3-4,9,16H2,1-2H3. The first kappa shape index (κ1) is 15.0. The van der Waals surface area contributed by atoms with Crippen molar-refractivity contribution in [3.8, 4) is 11.8 Å². The molecular weight excluding hydrogens is 268 g/mol. The van der Waals surface area contributed by atoms with Gasteiger partial charge in [0.15, 0.2) is 5.69 Å². The molecule has 0 bridgehead atoms. The van der Waals surface area contributed by atoms with E-state index in [0.717, 1.165) is 12.8 Å². The van der Waals surface area contributed by atoms with Gasteiger partial charge in [0.25, 0.3) is 0 Å². The Bertz CT molecular complexity index is 561. The lowest BCUT2D eigenvalue weighted by molar-refractivity contribution is 0.230. The summed E-state index contributed by atoms with van der Waals surface area (Å²) in [7, 11) is 0. The van der Waals surface area contributed by atoms with Crippen molar-refractivity contribution in [3.63, 3.8) is 0 Å². The average Bonchev–Trinajstić information content (AvgIpc) is 2.48. The van der Waals surface area contributed by atoms with Gasteiger partial charge in [-0.1, -0.05) is 0 Å². The average molecular weight is 288 g/mol. The Morgan fingerprint density at radius 1 is 1.14 bits per heavy atom. The topological polar surface area (TPSA) is 83.2 Å². The predicted octanol–water partition coefficient (Wildman–Crippen LogP) is 2.25. The van der Waals surface area contributed by atoms with Crippen molar-refractivity contribution >= 4 is 5.69 Å². The summed E-state index contributed by atoms with van der Waals surface area (Å²) in [6.07, 6.45) is 6.76. The Kier molecular flexibility index (Phi) is 5.31. The van der Waals surface area contributed by atoms with E-state index in [1.807, 2.05) is 26.0 Å². The van der Waals surface area contributed by atoms with Crippen molar-refractivity contribution < 1.29 is 9.47 Å². The molecule has 0 aliphatic carbocycles. The van der Waals surface area contributed by atoms with Crippen molar-refractivity contribution in [1.82, 2.24) is 15.0 Å². The third-order valence-electron chi connectivity index (χ3n) is 2.76. The lowest BCUT2D eigenvalue weighted by Gasteiger charge is -2.13. The first-order chi connectivity index (χ1) is 10.2. The van der Waals surface area contributed by atoms with E-state index in [0.29, 0.717) is 24.1 Å². The van der Waals surface area contributed by atoms with Gasteiger partial charge in [0.05, 0.1) is 12.7 Å². The van der Waals surface area contributed by atoms with Crippen LogP contribution in [-0.2, 0) is 6.42 Å². The Labute approximate surface area is 124 Å². The molecule has 0 fully saturated rings. The van der Waals surface area contributed by atoms with Gasteiger partial charge in [0, 0.05) is 12.4 Å². The van der Waals surface area contributed by atoms with Gasteiger partial charge < -0.3 is 15.2 Å². The van der Waals surface area contributed by atoms with Gasteiger partial charge in [-0.2, -0.15) is 9.97 Å². The van der Waals surface area contributed by atoms with Crippen LogP contribution in [0.5, 0.6) is 11.8 Å². The molecule has 0 amide bonds. The number of aryl methyl sites for hydroxylation is 1. The van der Waals surface area contributed by atoms with Crippen molar-refractivity contribution in [2.24, 2.45) is 0 Å². The summed E-state index contributed by atoms with van der Waals surface area (Å²) in [5.41, 5.74) is 7.51. The van der Waals surface area contributed by atoms with E-state index in [1.54, 1.807) is 12.4 Å². The number of nitrogen functional groups attached to an aromatic ring is 1. The highest BCUT2D eigenvalue weighted by Crippen LogP contribution is 2.27. The van der Waals surface area contributed by atoms with Crippen molar-refractivity contribution in [1.29, 1.82) is 0 Å². The molecular formula is C15H20N4O2. The van der Waals surface area contributed by atoms with Crippen LogP contribution in [0, 0.1) is 0 Å². The lowest BCUT2D eigenvalue weighted by Crippen LogP contribution is -2.11. The summed E-state index contributed by atoms with van der Waals surface area (Å²) in [6, 6.07) is 3.99. The highest BCUT2D eigenvalue weighted by molar-refractivity contribution is 5.55. The summed E-state index contributed by atoms with van der Waals surface area (Å²) in [4.78, 5) is 12.0. The maximum absolute atomic E-state index is 5.94. The van der Waals surface area contributed by atoms with Crippen LogP contribution in [0.4, 0.5) is 5.69 Å². The minimum atomic E-state index is 0.00161. The van der Waals surface area contributed by atoms with E-state index in [-0.39, 0.29) is 6.10 Å². The van der Waals surface area contributed by atoms with Crippen LogP contribution in [-0.4, -0.2) is 27.7 Å². The molecule has 6 nitrogen and oxygen atoms in total. The third-order valence-corrected chi connectivity index (χ3v) is 2.76. The van der Waals surface area contributed by atoms with Gasteiger partial charge in [-0.15, -0.1) is 0 Å². The van der Waals surface area contributed by atoms with Gasteiger partial charge in [-0.3, -0.25) is 4.98 Å². The SMILES string of the molecule is CC(C)Oc1ncnc(OCCCc2ccncc2)c1N. The Morgan fingerprint density at radius 2 is 1.86 bits per heavy atom. The van der Waals surface area contributed by atoms with Crippen LogP contribution in [0.25, 0.3) is 0 Å². The summed E-state index contributed by atoms with van der Waals surface area (Å²) in [6.45, 7) is 4.36. The Balaban J connectivity index is 1.85. The molecule has 2 aromatic rings. The molecule has 112 valence electrons. The van der Waals surface area contributed by atoms with Crippen LogP contribution in [0.3, 0.4) is 0 Å². The Morgan fingerprint density at radius 3 is 2.57 bits per heavy atom. The Hall–Kier alpha value is -2.37. The van der Waals surface area contributed by atoms with Crippen molar-refractivity contribution in [2.75, 3.05) is 12.3 Å². The van der Waals surface area contributed by atoms with Gasteiger partial charge >= 0.3 is 0 Å². The summed E-state index contributed by atoms with van der Waals surface area (Å²) in [5.74, 6) is 0.736. The number of hydrogen-bond acceptors (Lipinski definition) is 6. The molecule has 0 aromatic carbocycles. The fourth-order valence-electron chi connectivity index (χ4n) is 1.79. The van der Waals surface area contributed by atoms with E-state index in [9.17, 15) is 0 Å². The quantitative estimate of drug-likeness (QED) is 0.787. The first-order valence-corrected chi connectivity index (χ1v) is 6.95. The molecule has 0 radical (unpaired) electrons. The maximum Gasteiger partial charge on any atom is 0.244 e. The largest absolute Gasteiger partial charge is 0.476 e. The third kappa shape index (κ3) is 4.59. The summed E-state index contributed by atoms with van der Waals surface area (Å²) in [5, 5.41) is 0. The monoisotopic (exact) mass is 288 g/mol. The van der Waals surface area contributed by atoms with Crippen LogP contribution < -0.4 is 15.2 Å². The highest BCUT2D eigenvalue weighted by Gasteiger charge is 2.11. The minimum absolute atomic E-state index is 0.00161. The smallest absolute Gasteiger partial charge is 0.244 e. The van der Waals surface area contributed by atoms with Gasteiger partial charge in [-0.25, -0.2) is 0 Å². The zero-order valence-electron chi connectivity index (χ0n) is 12.3. The number of rotatable bonds is 7. The van der Waals surface area contributed by atoms with E-state index in [1.165, 1.54) is 11.9 Å². The molecule has 0 saturated heterocycles. The number of hydrogen-bond donors (Lipinski definition) is 1. The number of pyridine rings is 1. The molecule has 2 heterocycles. The molecule has 0 spiro atoms. The molecule has 0 saturated carbocycles. The number of aromatic nitrogens is 3. The lowest BCUT2D eigenvalue weighted by atomic mass is 10.1. The zero-order chi connectivity index (χ0) is 15.1.